The Kier molecular flexibility index (Phi) is 3.48. The molecule has 0 aliphatic rings. The van der Waals surface area contributed by atoms with E-state index in [0.717, 1.165) is 18.1 Å². The van der Waals surface area contributed by atoms with E-state index in [0.29, 0.717) is 10.6 Å². The molecule has 0 bridgehead atoms. The maximum absolute atomic E-state index is 10.9. The van der Waals surface area contributed by atoms with Gasteiger partial charge in [0, 0.05) is 4.47 Å². The van der Waals surface area contributed by atoms with Crippen molar-refractivity contribution in [2.75, 3.05) is 0 Å². The molecule has 7 heteroatoms. The second-order valence-corrected chi connectivity index (χ2v) is 7.19. The molecule has 16 heavy (non-hydrogen) atoms. The van der Waals surface area contributed by atoms with Gasteiger partial charge in [0.2, 0.25) is 0 Å². The van der Waals surface area contributed by atoms with Gasteiger partial charge < -0.3 is 5.11 Å². The van der Waals surface area contributed by atoms with Crippen molar-refractivity contribution in [3.63, 3.8) is 0 Å². The summed E-state index contributed by atoms with van der Waals surface area (Å²) in [6, 6.07) is 1.93. The largest absolute Gasteiger partial charge is 0.477 e. The van der Waals surface area contributed by atoms with Crippen molar-refractivity contribution >= 4 is 60.5 Å². The predicted molar refractivity (Wildman–Crippen MR) is 72.5 cm³/mol. The highest BCUT2D eigenvalue weighted by molar-refractivity contribution is 9.13. The van der Waals surface area contributed by atoms with E-state index in [-0.39, 0.29) is 0 Å². The molecular formula is C9H5Br2NO2S2. The second-order valence-electron chi connectivity index (χ2n) is 2.97. The molecule has 0 saturated heterocycles. The van der Waals surface area contributed by atoms with Gasteiger partial charge in [0.15, 0.2) is 0 Å². The summed E-state index contributed by atoms with van der Waals surface area (Å²) in [5.41, 5.74) is 0.563. The van der Waals surface area contributed by atoms with E-state index in [1.54, 1.807) is 6.92 Å². The zero-order valence-corrected chi connectivity index (χ0v) is 12.8. The van der Waals surface area contributed by atoms with E-state index >= 15 is 0 Å². The van der Waals surface area contributed by atoms with E-state index in [1.165, 1.54) is 22.7 Å². The lowest BCUT2D eigenvalue weighted by atomic mass is 10.4. The lowest BCUT2D eigenvalue weighted by Crippen LogP contribution is -1.94. The Bertz CT molecular complexity index is 542. The third kappa shape index (κ3) is 2.22. The van der Waals surface area contributed by atoms with E-state index in [2.05, 4.69) is 36.8 Å². The summed E-state index contributed by atoms with van der Waals surface area (Å²) in [4.78, 5) is 16.4. The number of halogens is 2. The Morgan fingerprint density at radius 3 is 2.56 bits per heavy atom. The van der Waals surface area contributed by atoms with Crippen LogP contribution >= 0.6 is 54.5 Å². The third-order valence-electron chi connectivity index (χ3n) is 1.85. The molecule has 0 radical (unpaired) electrons. The highest BCUT2D eigenvalue weighted by atomic mass is 79.9. The lowest BCUT2D eigenvalue weighted by molar-refractivity contribution is 0.0701. The van der Waals surface area contributed by atoms with Crippen molar-refractivity contribution in [3.8, 4) is 9.88 Å². The molecule has 3 nitrogen and oxygen atoms in total. The van der Waals surface area contributed by atoms with E-state index in [9.17, 15) is 4.79 Å². The van der Waals surface area contributed by atoms with Crippen LogP contribution in [0.15, 0.2) is 14.3 Å². The first-order valence-corrected chi connectivity index (χ1v) is 7.37. The number of thiophene rings is 1. The molecule has 0 unspecified atom stereocenters. The number of hydrogen-bond donors (Lipinski definition) is 1. The molecule has 0 aliphatic carbocycles. The zero-order valence-electron chi connectivity index (χ0n) is 7.95. The van der Waals surface area contributed by atoms with Gasteiger partial charge in [0.25, 0.3) is 0 Å². The summed E-state index contributed by atoms with van der Waals surface area (Å²) in [5.74, 6) is -0.920. The van der Waals surface area contributed by atoms with Gasteiger partial charge in [-0.15, -0.1) is 22.7 Å². The van der Waals surface area contributed by atoms with Crippen LogP contribution in [0.2, 0.25) is 0 Å². The van der Waals surface area contributed by atoms with Crippen molar-refractivity contribution in [2.45, 2.75) is 6.92 Å². The van der Waals surface area contributed by atoms with Crippen LogP contribution in [0.3, 0.4) is 0 Å². The average Bonchev–Trinajstić information content (AvgIpc) is 2.71. The quantitative estimate of drug-likeness (QED) is 0.837. The summed E-state index contributed by atoms with van der Waals surface area (Å²) in [6.07, 6.45) is 0. The average molecular weight is 383 g/mol. The number of rotatable bonds is 2. The lowest BCUT2D eigenvalue weighted by Gasteiger charge is -1.85. The Balaban J connectivity index is 2.49. The maximum atomic E-state index is 10.9. The smallest absolute Gasteiger partial charge is 0.347 e. The fourth-order valence-corrected chi connectivity index (χ4v) is 4.14. The number of hydrogen-bond acceptors (Lipinski definition) is 4. The van der Waals surface area contributed by atoms with Crippen LogP contribution in [-0.4, -0.2) is 16.1 Å². The number of aromatic carboxylic acids is 1. The van der Waals surface area contributed by atoms with Gasteiger partial charge >= 0.3 is 5.97 Å². The molecule has 2 heterocycles. The van der Waals surface area contributed by atoms with Crippen molar-refractivity contribution in [1.82, 2.24) is 4.98 Å². The molecule has 1 N–H and O–H groups in total. The maximum Gasteiger partial charge on any atom is 0.347 e. The molecule has 0 fully saturated rings. The highest BCUT2D eigenvalue weighted by Gasteiger charge is 2.16. The molecule has 0 saturated carbocycles. The molecule has 84 valence electrons. The summed E-state index contributed by atoms with van der Waals surface area (Å²) in [6.45, 7) is 1.71. The normalized spacial score (nSPS) is 10.7. The second kappa shape index (κ2) is 4.56. The Morgan fingerprint density at radius 1 is 1.44 bits per heavy atom. The number of nitrogens with zero attached hydrogens (tertiary/aromatic N) is 1. The van der Waals surface area contributed by atoms with E-state index in [1.807, 2.05) is 6.07 Å². The summed E-state index contributed by atoms with van der Waals surface area (Å²) >= 11 is 9.52. The molecular weight excluding hydrogens is 378 g/mol. The van der Waals surface area contributed by atoms with Gasteiger partial charge in [-0.2, -0.15) is 0 Å². The number of aromatic nitrogens is 1. The van der Waals surface area contributed by atoms with E-state index in [4.69, 9.17) is 5.11 Å². The molecule has 0 spiro atoms. The summed E-state index contributed by atoms with van der Waals surface area (Å²) in [5, 5.41) is 9.68. The minimum Gasteiger partial charge on any atom is -0.477 e. The van der Waals surface area contributed by atoms with Gasteiger partial charge in [0.1, 0.15) is 9.88 Å². The number of aryl methyl sites for hydroxylation is 1. The monoisotopic (exact) mass is 381 g/mol. The number of thiazole rings is 1. The van der Waals surface area contributed by atoms with Crippen LogP contribution in [0.25, 0.3) is 9.88 Å². The molecule has 0 aliphatic heterocycles. The zero-order chi connectivity index (χ0) is 11.9. The predicted octanol–water partition coefficient (Wildman–Crippen LogP) is 4.40. The molecule has 0 amide bonds. The molecule has 2 rings (SSSR count). The minimum atomic E-state index is -0.920. The fraction of sp³-hybridized carbons (Fsp3) is 0.111. The number of carbonyl (C=O) groups is 1. The molecule has 2 aromatic rings. The van der Waals surface area contributed by atoms with Crippen LogP contribution < -0.4 is 0 Å². The Hall–Kier alpha value is -0.240. The Morgan fingerprint density at radius 2 is 2.12 bits per heavy atom. The fourth-order valence-electron chi connectivity index (χ4n) is 1.15. The van der Waals surface area contributed by atoms with E-state index < -0.39 is 5.97 Å². The van der Waals surface area contributed by atoms with Crippen LogP contribution in [0.5, 0.6) is 0 Å². The minimum absolute atomic E-state index is 0.302. The SMILES string of the molecule is Cc1nc(-c2cc(Br)c(Br)s2)sc1C(=O)O. The van der Waals surface area contributed by atoms with Gasteiger partial charge in [-0.25, -0.2) is 9.78 Å². The van der Waals surface area contributed by atoms with Gasteiger partial charge in [0.05, 0.1) is 14.4 Å². The van der Waals surface area contributed by atoms with Crippen LogP contribution in [0.4, 0.5) is 0 Å². The van der Waals surface area contributed by atoms with Crippen molar-refractivity contribution in [1.29, 1.82) is 0 Å². The first-order valence-electron chi connectivity index (χ1n) is 4.15. The first kappa shape index (κ1) is 12.2. The van der Waals surface area contributed by atoms with Gasteiger partial charge in [-0.1, -0.05) is 0 Å². The van der Waals surface area contributed by atoms with Gasteiger partial charge in [-0.05, 0) is 44.8 Å². The summed E-state index contributed by atoms with van der Waals surface area (Å²) in [7, 11) is 0. The Labute approximate surface area is 116 Å². The van der Waals surface area contributed by atoms with Crippen molar-refractivity contribution in [2.24, 2.45) is 0 Å². The summed E-state index contributed by atoms with van der Waals surface area (Å²) < 4.78 is 1.93. The highest BCUT2D eigenvalue weighted by Crippen LogP contribution is 2.40. The number of carboxylic acid groups (broad SMARTS) is 1. The first-order chi connectivity index (χ1) is 7.49. The number of carboxylic acids is 1. The van der Waals surface area contributed by atoms with Crippen molar-refractivity contribution in [3.05, 3.63) is 24.9 Å². The standard InChI is InChI=1S/C9H5Br2NO2S2/c1-3-6(9(13)14)16-8(12-3)5-2-4(10)7(11)15-5/h2H,1H3,(H,13,14). The molecule has 0 aromatic carbocycles. The van der Waals surface area contributed by atoms with Crippen LogP contribution in [0, 0.1) is 6.92 Å². The molecule has 2 aromatic heterocycles. The van der Waals surface area contributed by atoms with Crippen molar-refractivity contribution < 1.29 is 9.90 Å². The van der Waals surface area contributed by atoms with Crippen LogP contribution in [-0.2, 0) is 0 Å². The van der Waals surface area contributed by atoms with Gasteiger partial charge in [-0.3, -0.25) is 0 Å². The van der Waals surface area contributed by atoms with Crippen LogP contribution in [0.1, 0.15) is 15.4 Å². The molecule has 0 atom stereocenters. The topological polar surface area (TPSA) is 50.2 Å². The third-order valence-corrected chi connectivity index (χ3v) is 6.42.